The first-order valence-corrected chi connectivity index (χ1v) is 7.78. The van der Waals surface area contributed by atoms with E-state index in [1.807, 2.05) is 6.07 Å². The van der Waals surface area contributed by atoms with Crippen LogP contribution >= 0.6 is 0 Å². The molecule has 0 unspecified atom stereocenters. The summed E-state index contributed by atoms with van der Waals surface area (Å²) in [5, 5.41) is 4.14. The summed E-state index contributed by atoms with van der Waals surface area (Å²) in [7, 11) is 0. The summed E-state index contributed by atoms with van der Waals surface area (Å²) in [6.45, 7) is 4.53. The molecular formula is C16H29NO. The molecule has 1 rings (SSSR count). The summed E-state index contributed by atoms with van der Waals surface area (Å²) in [6.07, 6.45) is 15.0. The molecule has 18 heavy (non-hydrogen) atoms. The topological polar surface area (TPSA) is 26.0 Å². The van der Waals surface area contributed by atoms with E-state index in [0.29, 0.717) is 5.92 Å². The molecule has 0 N–H and O–H groups in total. The number of aromatic nitrogens is 1. The van der Waals surface area contributed by atoms with Crippen molar-refractivity contribution in [3.05, 3.63) is 18.0 Å². The van der Waals surface area contributed by atoms with Gasteiger partial charge in [-0.05, 0) is 12.8 Å². The van der Waals surface area contributed by atoms with Crippen molar-refractivity contribution in [3.63, 3.8) is 0 Å². The highest BCUT2D eigenvalue weighted by molar-refractivity contribution is 5.03. The molecular weight excluding hydrogens is 222 g/mol. The fourth-order valence-electron chi connectivity index (χ4n) is 2.51. The molecule has 0 bridgehead atoms. The van der Waals surface area contributed by atoms with Crippen LogP contribution in [0.15, 0.2) is 16.9 Å². The van der Waals surface area contributed by atoms with Gasteiger partial charge in [-0.2, -0.15) is 0 Å². The van der Waals surface area contributed by atoms with Gasteiger partial charge in [0.1, 0.15) is 6.26 Å². The third-order valence-electron chi connectivity index (χ3n) is 3.69. The molecule has 0 aromatic carbocycles. The Balaban J connectivity index is 2.29. The molecule has 0 saturated carbocycles. The highest BCUT2D eigenvalue weighted by Crippen LogP contribution is 2.27. The van der Waals surface area contributed by atoms with Crippen LogP contribution in [0.5, 0.6) is 0 Å². The van der Waals surface area contributed by atoms with E-state index in [1.54, 1.807) is 6.26 Å². The summed E-state index contributed by atoms with van der Waals surface area (Å²) in [5.41, 5.74) is 1.17. The van der Waals surface area contributed by atoms with Crippen LogP contribution in [0, 0.1) is 0 Å². The molecule has 0 aliphatic carbocycles. The van der Waals surface area contributed by atoms with E-state index in [9.17, 15) is 0 Å². The van der Waals surface area contributed by atoms with Gasteiger partial charge in [-0.25, -0.2) is 0 Å². The molecule has 0 saturated heterocycles. The van der Waals surface area contributed by atoms with Gasteiger partial charge in [0, 0.05) is 12.0 Å². The van der Waals surface area contributed by atoms with Crippen LogP contribution in [0.25, 0.3) is 0 Å². The molecule has 0 fully saturated rings. The third-order valence-corrected chi connectivity index (χ3v) is 3.69. The zero-order valence-corrected chi connectivity index (χ0v) is 12.2. The first kappa shape index (κ1) is 15.3. The van der Waals surface area contributed by atoms with E-state index in [2.05, 4.69) is 19.0 Å². The largest absolute Gasteiger partial charge is 0.365 e. The van der Waals surface area contributed by atoms with Crippen molar-refractivity contribution in [2.24, 2.45) is 0 Å². The second-order valence-corrected chi connectivity index (χ2v) is 5.32. The van der Waals surface area contributed by atoms with Crippen LogP contribution in [0.2, 0.25) is 0 Å². The summed E-state index contributed by atoms with van der Waals surface area (Å²) in [6, 6.07) is 2.05. The zero-order valence-electron chi connectivity index (χ0n) is 12.2. The molecule has 0 amide bonds. The minimum atomic E-state index is 0.623. The van der Waals surface area contributed by atoms with Crippen LogP contribution in [0.4, 0.5) is 0 Å². The Bertz CT molecular complexity index is 257. The van der Waals surface area contributed by atoms with E-state index in [-0.39, 0.29) is 0 Å². The lowest BCUT2D eigenvalue weighted by molar-refractivity contribution is 0.393. The molecule has 104 valence electrons. The van der Waals surface area contributed by atoms with E-state index < -0.39 is 0 Å². The van der Waals surface area contributed by atoms with Crippen LogP contribution < -0.4 is 0 Å². The van der Waals surface area contributed by atoms with Crippen LogP contribution in [-0.4, -0.2) is 5.16 Å². The summed E-state index contributed by atoms with van der Waals surface area (Å²) in [4.78, 5) is 0. The van der Waals surface area contributed by atoms with Gasteiger partial charge in [0.25, 0.3) is 0 Å². The van der Waals surface area contributed by atoms with Crippen LogP contribution in [0.3, 0.4) is 0 Å². The Kier molecular flexibility index (Phi) is 8.62. The van der Waals surface area contributed by atoms with Crippen molar-refractivity contribution >= 4 is 0 Å². The van der Waals surface area contributed by atoms with E-state index in [0.717, 1.165) is 0 Å². The van der Waals surface area contributed by atoms with E-state index in [4.69, 9.17) is 4.52 Å². The van der Waals surface area contributed by atoms with E-state index in [1.165, 1.54) is 69.9 Å². The lowest BCUT2D eigenvalue weighted by Crippen LogP contribution is -2.00. The molecule has 2 nitrogen and oxygen atoms in total. The second kappa shape index (κ2) is 10.2. The van der Waals surface area contributed by atoms with Crippen molar-refractivity contribution in [1.29, 1.82) is 0 Å². The predicted molar refractivity (Wildman–Crippen MR) is 76.8 cm³/mol. The van der Waals surface area contributed by atoms with Gasteiger partial charge in [0.15, 0.2) is 0 Å². The minimum Gasteiger partial charge on any atom is -0.365 e. The molecule has 1 heterocycles. The fourth-order valence-corrected chi connectivity index (χ4v) is 2.51. The molecule has 1 aromatic rings. The van der Waals surface area contributed by atoms with Gasteiger partial charge in [0.2, 0.25) is 0 Å². The molecule has 0 aliphatic heterocycles. The average molecular weight is 251 g/mol. The molecule has 1 aromatic heterocycles. The zero-order chi connectivity index (χ0) is 13.1. The van der Waals surface area contributed by atoms with Crippen molar-refractivity contribution in [2.45, 2.75) is 84.0 Å². The standard InChI is InChI=1S/C16H29NO/c1-3-5-7-9-11-15(12-10-8-6-4-2)16-13-14-18-17-16/h13-15H,3-12H2,1-2H3. The maximum Gasteiger partial charge on any atom is 0.124 e. The molecule has 0 spiro atoms. The fraction of sp³-hybridized carbons (Fsp3) is 0.812. The quantitative estimate of drug-likeness (QED) is 0.471. The predicted octanol–water partition coefficient (Wildman–Crippen LogP) is 5.70. The normalized spacial score (nSPS) is 11.3. The van der Waals surface area contributed by atoms with Gasteiger partial charge in [-0.3, -0.25) is 0 Å². The van der Waals surface area contributed by atoms with Gasteiger partial charge in [-0.1, -0.05) is 70.4 Å². The van der Waals surface area contributed by atoms with Crippen LogP contribution in [-0.2, 0) is 0 Å². The van der Waals surface area contributed by atoms with Crippen LogP contribution in [0.1, 0.15) is 89.7 Å². The lowest BCUT2D eigenvalue weighted by atomic mass is 9.92. The molecule has 2 heteroatoms. The number of hydrogen-bond acceptors (Lipinski definition) is 2. The first-order chi connectivity index (χ1) is 8.88. The van der Waals surface area contributed by atoms with Gasteiger partial charge >= 0.3 is 0 Å². The second-order valence-electron chi connectivity index (χ2n) is 5.32. The Labute approximate surface area is 112 Å². The molecule has 0 aliphatic rings. The maximum absolute atomic E-state index is 5.00. The monoisotopic (exact) mass is 251 g/mol. The van der Waals surface area contributed by atoms with Crippen molar-refractivity contribution in [1.82, 2.24) is 5.16 Å². The van der Waals surface area contributed by atoms with Crippen molar-refractivity contribution in [2.75, 3.05) is 0 Å². The lowest BCUT2D eigenvalue weighted by Gasteiger charge is -2.13. The third kappa shape index (κ3) is 6.23. The number of nitrogens with zero attached hydrogens (tertiary/aromatic N) is 1. The van der Waals surface area contributed by atoms with Gasteiger partial charge in [0.05, 0.1) is 5.69 Å². The minimum absolute atomic E-state index is 0.623. The Morgan fingerprint density at radius 1 is 0.944 bits per heavy atom. The molecule has 0 radical (unpaired) electrons. The Morgan fingerprint density at radius 3 is 2.00 bits per heavy atom. The van der Waals surface area contributed by atoms with Gasteiger partial charge in [-0.15, -0.1) is 0 Å². The molecule has 0 atom stereocenters. The number of rotatable bonds is 11. The van der Waals surface area contributed by atoms with Crippen molar-refractivity contribution < 1.29 is 4.52 Å². The Morgan fingerprint density at radius 2 is 1.56 bits per heavy atom. The maximum atomic E-state index is 5.00. The summed E-state index contributed by atoms with van der Waals surface area (Å²) in [5.74, 6) is 0.623. The number of hydrogen-bond donors (Lipinski definition) is 0. The average Bonchev–Trinajstić information content (AvgIpc) is 2.91. The summed E-state index contributed by atoms with van der Waals surface area (Å²) < 4.78 is 5.00. The first-order valence-electron chi connectivity index (χ1n) is 7.78. The smallest absolute Gasteiger partial charge is 0.124 e. The van der Waals surface area contributed by atoms with Crippen molar-refractivity contribution in [3.8, 4) is 0 Å². The Hall–Kier alpha value is -0.790. The van der Waals surface area contributed by atoms with Gasteiger partial charge < -0.3 is 4.52 Å². The number of unbranched alkanes of at least 4 members (excludes halogenated alkanes) is 6. The summed E-state index contributed by atoms with van der Waals surface area (Å²) >= 11 is 0. The highest BCUT2D eigenvalue weighted by Gasteiger charge is 2.13. The van der Waals surface area contributed by atoms with E-state index >= 15 is 0 Å². The highest BCUT2D eigenvalue weighted by atomic mass is 16.5. The SMILES string of the molecule is CCCCCCC(CCCCCC)c1ccon1.